The highest BCUT2D eigenvalue weighted by molar-refractivity contribution is 6.05. The minimum absolute atomic E-state index is 0.102. The van der Waals surface area contributed by atoms with Crippen molar-refractivity contribution in [3.8, 4) is 17.2 Å². The zero-order valence-corrected chi connectivity index (χ0v) is 16.4. The molecule has 3 aromatic rings. The Morgan fingerprint density at radius 3 is 2.28 bits per heavy atom. The maximum absolute atomic E-state index is 12.6. The van der Waals surface area contributed by atoms with Crippen LogP contribution in [0.5, 0.6) is 17.2 Å². The number of benzene rings is 2. The minimum Gasteiger partial charge on any atom is -0.493 e. The van der Waals surface area contributed by atoms with E-state index in [0.717, 1.165) is 4.68 Å². The van der Waals surface area contributed by atoms with Crippen molar-refractivity contribution in [2.24, 2.45) is 12.1 Å². The van der Waals surface area contributed by atoms with E-state index in [2.05, 4.69) is 15.6 Å². The second kappa shape index (κ2) is 8.42. The number of hydrazone groups is 1. The number of nitrogens with one attached hydrogen (secondary N) is 1. The summed E-state index contributed by atoms with van der Waals surface area (Å²) in [6.07, 6.45) is 1.44. The Morgan fingerprint density at radius 1 is 1.07 bits per heavy atom. The molecule has 9 heteroatoms. The molecule has 2 aromatic carbocycles. The first-order chi connectivity index (χ1) is 14.0. The minimum atomic E-state index is -0.541. The summed E-state index contributed by atoms with van der Waals surface area (Å²) in [4.78, 5) is 24.8. The van der Waals surface area contributed by atoms with Crippen LogP contribution in [0.2, 0.25) is 0 Å². The van der Waals surface area contributed by atoms with Crippen LogP contribution in [0.3, 0.4) is 0 Å². The maximum atomic E-state index is 12.6. The van der Waals surface area contributed by atoms with Crippen molar-refractivity contribution in [1.29, 1.82) is 0 Å². The van der Waals surface area contributed by atoms with Crippen molar-refractivity contribution in [2.75, 3.05) is 21.3 Å². The van der Waals surface area contributed by atoms with Gasteiger partial charge in [-0.3, -0.25) is 9.59 Å². The molecule has 1 amide bonds. The highest BCUT2D eigenvalue weighted by Gasteiger charge is 2.15. The molecule has 0 aliphatic heterocycles. The second-order valence-corrected chi connectivity index (χ2v) is 5.98. The van der Waals surface area contributed by atoms with Crippen LogP contribution in [0.4, 0.5) is 0 Å². The van der Waals surface area contributed by atoms with Gasteiger partial charge < -0.3 is 14.2 Å². The molecule has 29 heavy (non-hydrogen) atoms. The van der Waals surface area contributed by atoms with Crippen LogP contribution < -0.4 is 25.2 Å². The van der Waals surface area contributed by atoms with Gasteiger partial charge in [-0.05, 0) is 18.2 Å². The highest BCUT2D eigenvalue weighted by Crippen LogP contribution is 2.37. The zero-order chi connectivity index (χ0) is 21.0. The zero-order valence-electron chi connectivity index (χ0n) is 16.4. The predicted octanol–water partition coefficient (Wildman–Crippen LogP) is 1.72. The van der Waals surface area contributed by atoms with Crippen molar-refractivity contribution in [3.63, 3.8) is 0 Å². The van der Waals surface area contributed by atoms with E-state index >= 15 is 0 Å². The molecule has 0 saturated carbocycles. The molecule has 0 unspecified atom stereocenters. The quantitative estimate of drug-likeness (QED) is 0.503. The summed E-state index contributed by atoms with van der Waals surface area (Å²) < 4.78 is 17.0. The lowest BCUT2D eigenvalue weighted by Crippen LogP contribution is -2.27. The molecule has 0 fully saturated rings. The Bertz CT molecular complexity index is 1130. The largest absolute Gasteiger partial charge is 0.493 e. The van der Waals surface area contributed by atoms with E-state index in [1.54, 1.807) is 36.4 Å². The van der Waals surface area contributed by atoms with Crippen LogP contribution in [0, 0.1) is 0 Å². The molecule has 0 saturated heterocycles. The summed E-state index contributed by atoms with van der Waals surface area (Å²) in [5.74, 6) is 0.841. The van der Waals surface area contributed by atoms with Gasteiger partial charge in [0, 0.05) is 18.0 Å². The number of fused-ring (bicyclic) bond motifs is 1. The number of carbonyl (C=O) groups excluding carboxylic acids is 1. The number of nitrogens with zero attached hydrogens (tertiary/aromatic N) is 3. The van der Waals surface area contributed by atoms with E-state index in [4.69, 9.17) is 14.2 Å². The number of ether oxygens (including phenoxy) is 3. The average Bonchev–Trinajstić information content (AvgIpc) is 2.75. The number of aryl methyl sites for hydroxylation is 1. The number of hydrogen-bond acceptors (Lipinski definition) is 7. The van der Waals surface area contributed by atoms with Gasteiger partial charge in [0.25, 0.3) is 11.5 Å². The predicted molar refractivity (Wildman–Crippen MR) is 108 cm³/mol. The van der Waals surface area contributed by atoms with Crippen LogP contribution in [-0.4, -0.2) is 43.2 Å². The fraction of sp³-hybridized carbons (Fsp3) is 0.200. The van der Waals surface area contributed by atoms with Crippen LogP contribution in [0.25, 0.3) is 10.8 Å². The molecule has 0 radical (unpaired) electrons. The van der Waals surface area contributed by atoms with Gasteiger partial charge >= 0.3 is 0 Å². The third kappa shape index (κ3) is 3.88. The van der Waals surface area contributed by atoms with Gasteiger partial charge in [0.2, 0.25) is 5.75 Å². The number of carbonyl (C=O) groups is 1. The number of amides is 1. The molecule has 0 atom stereocenters. The SMILES string of the molecule is COc1cc(/C=N/NC(=O)c2nn(C)c(=O)c3ccccc23)cc(OC)c1OC. The average molecular weight is 396 g/mol. The van der Waals surface area contributed by atoms with E-state index in [9.17, 15) is 9.59 Å². The fourth-order valence-electron chi connectivity index (χ4n) is 2.86. The molecule has 1 heterocycles. The van der Waals surface area contributed by atoms with E-state index in [0.29, 0.717) is 33.6 Å². The van der Waals surface area contributed by atoms with Gasteiger partial charge in [0.15, 0.2) is 17.2 Å². The highest BCUT2D eigenvalue weighted by atomic mass is 16.5. The van der Waals surface area contributed by atoms with Crippen LogP contribution in [-0.2, 0) is 7.05 Å². The van der Waals surface area contributed by atoms with Crippen LogP contribution in [0.15, 0.2) is 46.3 Å². The summed E-state index contributed by atoms with van der Waals surface area (Å²) in [5, 5.41) is 8.91. The van der Waals surface area contributed by atoms with Gasteiger partial charge in [-0.15, -0.1) is 0 Å². The molecule has 1 N–H and O–H groups in total. The number of methoxy groups -OCH3 is 3. The first-order valence-electron chi connectivity index (χ1n) is 8.59. The standard InChI is InChI=1S/C20H20N4O5/c1-24-20(26)14-8-6-5-7-13(14)17(23-24)19(25)22-21-11-12-9-15(27-2)18(29-4)16(10-12)28-3/h5-11H,1-4H3,(H,22,25)/b21-11+. The Labute approximate surface area is 166 Å². The third-order valence-electron chi connectivity index (χ3n) is 4.24. The van der Waals surface area contributed by atoms with Crippen molar-refractivity contribution in [2.45, 2.75) is 0 Å². The third-order valence-corrected chi connectivity index (χ3v) is 4.24. The number of hydrogen-bond donors (Lipinski definition) is 1. The molecule has 1 aromatic heterocycles. The monoisotopic (exact) mass is 396 g/mol. The maximum Gasteiger partial charge on any atom is 0.292 e. The van der Waals surface area contributed by atoms with Crippen LogP contribution >= 0.6 is 0 Å². The summed E-state index contributed by atoms with van der Waals surface area (Å²) in [5.41, 5.74) is 2.87. The normalized spacial score (nSPS) is 10.9. The van der Waals surface area contributed by atoms with Gasteiger partial charge in [-0.25, -0.2) is 10.1 Å². The first kappa shape index (κ1) is 19.9. The Balaban J connectivity index is 1.89. The number of rotatable bonds is 6. The molecule has 9 nitrogen and oxygen atoms in total. The van der Waals surface area contributed by atoms with Crippen molar-refractivity contribution >= 4 is 22.9 Å². The van der Waals surface area contributed by atoms with E-state index in [1.807, 2.05) is 0 Å². The smallest absolute Gasteiger partial charge is 0.292 e. The lowest BCUT2D eigenvalue weighted by Gasteiger charge is -2.12. The molecule has 0 aliphatic rings. The van der Waals surface area contributed by atoms with Crippen molar-refractivity contribution < 1.29 is 19.0 Å². The lowest BCUT2D eigenvalue weighted by atomic mass is 10.1. The molecular weight excluding hydrogens is 376 g/mol. The van der Waals surface area contributed by atoms with E-state index < -0.39 is 5.91 Å². The Hall–Kier alpha value is -3.88. The van der Waals surface area contributed by atoms with E-state index in [-0.39, 0.29) is 11.3 Å². The summed E-state index contributed by atoms with van der Waals surface area (Å²) >= 11 is 0. The van der Waals surface area contributed by atoms with Gasteiger partial charge in [-0.2, -0.15) is 10.2 Å². The first-order valence-corrected chi connectivity index (χ1v) is 8.59. The Kier molecular flexibility index (Phi) is 5.77. The summed E-state index contributed by atoms with van der Waals surface area (Å²) in [7, 11) is 6.02. The van der Waals surface area contributed by atoms with E-state index in [1.165, 1.54) is 34.6 Å². The second-order valence-electron chi connectivity index (χ2n) is 5.98. The topological polar surface area (TPSA) is 104 Å². The number of aromatic nitrogens is 2. The van der Waals surface area contributed by atoms with Crippen molar-refractivity contribution in [1.82, 2.24) is 15.2 Å². The lowest BCUT2D eigenvalue weighted by molar-refractivity contribution is 0.0950. The van der Waals surface area contributed by atoms with Crippen molar-refractivity contribution in [3.05, 3.63) is 58.0 Å². The summed E-state index contributed by atoms with van der Waals surface area (Å²) in [6, 6.07) is 10.2. The van der Waals surface area contributed by atoms with Gasteiger partial charge in [0.1, 0.15) is 0 Å². The molecule has 0 aliphatic carbocycles. The molecule has 0 spiro atoms. The molecule has 150 valence electrons. The Morgan fingerprint density at radius 2 is 1.69 bits per heavy atom. The van der Waals surface area contributed by atoms with Crippen LogP contribution in [0.1, 0.15) is 16.1 Å². The molecule has 0 bridgehead atoms. The summed E-state index contributed by atoms with van der Waals surface area (Å²) in [6.45, 7) is 0. The fourth-order valence-corrected chi connectivity index (χ4v) is 2.86. The molecule has 3 rings (SSSR count). The van der Waals surface area contributed by atoms with Gasteiger partial charge in [0.05, 0.1) is 32.9 Å². The van der Waals surface area contributed by atoms with Gasteiger partial charge in [-0.1, -0.05) is 18.2 Å². The molecular formula is C20H20N4O5.